The molecule has 0 aliphatic heterocycles. The number of ether oxygens (including phenoxy) is 2. The maximum absolute atomic E-state index is 12.5. The summed E-state index contributed by atoms with van der Waals surface area (Å²) in [4.78, 5) is 11.6. The summed E-state index contributed by atoms with van der Waals surface area (Å²) in [6.07, 6.45) is 0. The molecule has 0 bridgehead atoms. The number of carbonyl (C=O) groups is 1. The van der Waals surface area contributed by atoms with Crippen molar-refractivity contribution in [1.82, 2.24) is 0 Å². The van der Waals surface area contributed by atoms with Gasteiger partial charge in [0, 0.05) is 5.56 Å². The summed E-state index contributed by atoms with van der Waals surface area (Å²) in [7, 11) is -2.32. The Balaban J connectivity index is 0.00000312. The van der Waals surface area contributed by atoms with E-state index in [2.05, 4.69) is 4.74 Å². The van der Waals surface area contributed by atoms with Gasteiger partial charge in [0.2, 0.25) is 5.75 Å². The molecule has 8 nitrogen and oxygen atoms in total. The zero-order valence-corrected chi connectivity index (χ0v) is 16.5. The predicted molar refractivity (Wildman–Crippen MR) is 83.7 cm³/mol. The summed E-state index contributed by atoms with van der Waals surface area (Å²) >= 11 is 0. The van der Waals surface area contributed by atoms with E-state index in [1.807, 2.05) is 0 Å². The third-order valence-corrected chi connectivity index (χ3v) is 4.13. The minimum absolute atomic E-state index is 0. The van der Waals surface area contributed by atoms with Gasteiger partial charge >= 0.3 is 29.6 Å². The average molecular weight is 378 g/mol. The van der Waals surface area contributed by atoms with E-state index in [0.29, 0.717) is 5.75 Å². The van der Waals surface area contributed by atoms with Gasteiger partial charge in [0.1, 0.15) is 10.6 Å². The van der Waals surface area contributed by atoms with E-state index >= 15 is 0 Å². The number of phenols is 2. The fourth-order valence-corrected chi connectivity index (χ4v) is 2.76. The topological polar surface area (TPSA) is 130 Å². The molecule has 0 aliphatic carbocycles. The molecule has 25 heavy (non-hydrogen) atoms. The third kappa shape index (κ3) is 4.25. The number of ketones is 1. The second kappa shape index (κ2) is 8.07. The summed E-state index contributed by atoms with van der Waals surface area (Å²) in [5.74, 6) is -2.77. The molecule has 0 spiro atoms. The van der Waals surface area contributed by atoms with Crippen LogP contribution in [0.3, 0.4) is 0 Å². The Morgan fingerprint density at radius 2 is 1.60 bits per heavy atom. The minimum Gasteiger partial charge on any atom is -1.00 e. The van der Waals surface area contributed by atoms with Crippen LogP contribution in [0.25, 0.3) is 0 Å². The van der Waals surface area contributed by atoms with Gasteiger partial charge in [-0.05, 0) is 30.3 Å². The van der Waals surface area contributed by atoms with Gasteiger partial charge in [-0.3, -0.25) is 9.35 Å². The standard InChI is InChI=1S/C15H14O8S.Na.H/c1-22-9-5-3-8(4-6-9)12(16)10-7-11(24(19,20)21)15(23-2)14(18)13(10)17;;/h3-7,17-18H,1-2H3,(H,19,20,21);;/q;+1;-1. The molecule has 2 aromatic carbocycles. The fourth-order valence-electron chi connectivity index (χ4n) is 2.08. The van der Waals surface area contributed by atoms with Gasteiger partial charge in [-0.25, -0.2) is 0 Å². The number of aromatic hydroxyl groups is 2. The molecule has 0 saturated carbocycles. The Hall–Kier alpha value is -1.78. The maximum atomic E-state index is 12.5. The van der Waals surface area contributed by atoms with E-state index in [1.54, 1.807) is 0 Å². The quantitative estimate of drug-likeness (QED) is 0.254. The van der Waals surface area contributed by atoms with Crippen molar-refractivity contribution >= 4 is 15.9 Å². The van der Waals surface area contributed by atoms with Crippen molar-refractivity contribution in [3.63, 3.8) is 0 Å². The zero-order valence-electron chi connectivity index (χ0n) is 14.7. The first-order valence-corrected chi connectivity index (χ1v) is 7.93. The first-order chi connectivity index (χ1) is 11.2. The van der Waals surface area contributed by atoms with E-state index < -0.39 is 43.6 Å². The van der Waals surface area contributed by atoms with Gasteiger partial charge in [-0.2, -0.15) is 8.42 Å². The summed E-state index contributed by atoms with van der Waals surface area (Å²) in [6, 6.07) is 6.52. The predicted octanol–water partition coefficient (Wildman–Crippen LogP) is -1.29. The molecule has 0 aromatic heterocycles. The van der Waals surface area contributed by atoms with E-state index in [9.17, 15) is 28.0 Å². The molecule has 0 aliphatic rings. The fraction of sp³-hybridized carbons (Fsp3) is 0.133. The molecule has 0 atom stereocenters. The van der Waals surface area contributed by atoms with Gasteiger partial charge in [-0.15, -0.1) is 0 Å². The number of hydrogen-bond donors (Lipinski definition) is 3. The van der Waals surface area contributed by atoms with E-state index in [0.717, 1.165) is 13.2 Å². The number of rotatable bonds is 5. The Bertz CT molecular complexity index is 897. The monoisotopic (exact) mass is 378 g/mol. The Morgan fingerprint density at radius 1 is 1.04 bits per heavy atom. The Labute approximate surface area is 167 Å². The van der Waals surface area contributed by atoms with Crippen LogP contribution in [-0.4, -0.2) is 43.2 Å². The molecule has 130 valence electrons. The van der Waals surface area contributed by atoms with Crippen molar-refractivity contribution in [2.45, 2.75) is 4.90 Å². The number of phenolic OH excluding ortho intramolecular Hbond substituents is 2. The van der Waals surface area contributed by atoms with Crippen LogP contribution in [0.1, 0.15) is 17.3 Å². The molecule has 0 radical (unpaired) electrons. The largest absolute Gasteiger partial charge is 1.00 e. The maximum Gasteiger partial charge on any atom is 1.00 e. The first-order valence-electron chi connectivity index (χ1n) is 6.49. The van der Waals surface area contributed by atoms with Crippen molar-refractivity contribution in [3.05, 3.63) is 41.5 Å². The van der Waals surface area contributed by atoms with Crippen LogP contribution < -0.4 is 39.0 Å². The third-order valence-electron chi connectivity index (χ3n) is 3.27. The first kappa shape index (κ1) is 21.3. The van der Waals surface area contributed by atoms with Crippen LogP contribution in [0.5, 0.6) is 23.0 Å². The van der Waals surface area contributed by atoms with Crippen LogP contribution >= 0.6 is 0 Å². The van der Waals surface area contributed by atoms with E-state index in [-0.39, 0.29) is 36.5 Å². The van der Waals surface area contributed by atoms with Gasteiger partial charge in [0.05, 0.1) is 19.8 Å². The molecular formula is C15H15NaO8S. The molecule has 0 unspecified atom stereocenters. The second-order valence-electron chi connectivity index (χ2n) is 4.69. The average Bonchev–Trinajstić information content (AvgIpc) is 2.55. The molecule has 3 N–H and O–H groups in total. The molecule has 0 heterocycles. The van der Waals surface area contributed by atoms with Gasteiger partial charge in [0.25, 0.3) is 10.1 Å². The number of hydrogen-bond acceptors (Lipinski definition) is 7. The second-order valence-corrected chi connectivity index (χ2v) is 6.08. The van der Waals surface area contributed by atoms with Crippen LogP contribution in [-0.2, 0) is 10.1 Å². The van der Waals surface area contributed by atoms with Gasteiger partial charge < -0.3 is 21.1 Å². The normalized spacial score (nSPS) is 10.7. The summed E-state index contributed by atoms with van der Waals surface area (Å²) in [5.41, 5.74) is -0.400. The Kier molecular flexibility index (Phi) is 6.86. The molecule has 2 rings (SSSR count). The van der Waals surface area contributed by atoms with Crippen LogP contribution in [0, 0.1) is 0 Å². The van der Waals surface area contributed by atoms with Gasteiger partial charge in [-0.1, -0.05) is 0 Å². The van der Waals surface area contributed by atoms with Crippen LogP contribution in [0.2, 0.25) is 0 Å². The minimum atomic E-state index is -4.80. The summed E-state index contributed by atoms with van der Waals surface area (Å²) < 4.78 is 41.7. The number of methoxy groups -OCH3 is 2. The number of benzene rings is 2. The number of carbonyl (C=O) groups excluding carboxylic acids is 1. The van der Waals surface area contributed by atoms with Gasteiger partial charge in [0.15, 0.2) is 17.3 Å². The SMILES string of the molecule is COc1ccc(C(=O)c2cc(S(=O)(=O)O)c(OC)c(O)c2O)cc1.[H-].[Na+]. The molecule has 0 fully saturated rings. The summed E-state index contributed by atoms with van der Waals surface area (Å²) in [5, 5.41) is 19.9. The molecule has 10 heteroatoms. The van der Waals surface area contributed by atoms with E-state index in [1.165, 1.54) is 31.4 Å². The smallest absolute Gasteiger partial charge is 1.00 e. The van der Waals surface area contributed by atoms with Crippen molar-refractivity contribution < 1.29 is 68.4 Å². The molecular weight excluding hydrogens is 363 g/mol. The van der Waals surface area contributed by atoms with Crippen LogP contribution in [0.15, 0.2) is 35.2 Å². The molecule has 0 amide bonds. The van der Waals surface area contributed by atoms with E-state index in [4.69, 9.17) is 4.74 Å². The van der Waals surface area contributed by atoms with Crippen molar-refractivity contribution in [1.29, 1.82) is 0 Å². The molecule has 0 saturated heterocycles. The van der Waals surface area contributed by atoms with Crippen LogP contribution in [0.4, 0.5) is 0 Å². The Morgan fingerprint density at radius 3 is 2.04 bits per heavy atom. The summed E-state index contributed by atoms with van der Waals surface area (Å²) in [6.45, 7) is 0. The molecule has 2 aromatic rings. The van der Waals surface area contributed by atoms with Crippen molar-refractivity contribution in [2.75, 3.05) is 14.2 Å². The van der Waals surface area contributed by atoms with Crippen molar-refractivity contribution in [2.24, 2.45) is 0 Å². The van der Waals surface area contributed by atoms with Crippen molar-refractivity contribution in [3.8, 4) is 23.0 Å². The zero-order chi connectivity index (χ0) is 18.1.